The van der Waals surface area contributed by atoms with Crippen LogP contribution in [0.3, 0.4) is 0 Å². The van der Waals surface area contributed by atoms with E-state index in [4.69, 9.17) is 10.5 Å². The first kappa shape index (κ1) is 13.1. The molecule has 0 amide bonds. The van der Waals surface area contributed by atoms with E-state index in [0.29, 0.717) is 10.4 Å². The molecule has 0 saturated carbocycles. The molecule has 2 rings (SSSR count). The third-order valence-corrected chi connectivity index (χ3v) is 3.18. The summed E-state index contributed by atoms with van der Waals surface area (Å²) in [6.07, 6.45) is 1.52. The first-order chi connectivity index (χ1) is 8.68. The average Bonchev–Trinajstić information content (AvgIpc) is 2.38. The minimum absolute atomic E-state index is 0.112. The second kappa shape index (κ2) is 5.98. The first-order valence-corrected chi connectivity index (χ1v) is 6.55. The monoisotopic (exact) mass is 306 g/mol. The van der Waals surface area contributed by atoms with Crippen molar-refractivity contribution in [2.45, 2.75) is 19.1 Å². The SMILES string of the molecule is C[C@H](N)C(Oc1cccnc1Br)c1ccccc1. The maximum Gasteiger partial charge on any atom is 0.153 e. The van der Waals surface area contributed by atoms with Gasteiger partial charge in [0.25, 0.3) is 0 Å². The molecule has 3 nitrogen and oxygen atoms in total. The van der Waals surface area contributed by atoms with Gasteiger partial charge in [-0.1, -0.05) is 30.3 Å². The van der Waals surface area contributed by atoms with Crippen LogP contribution in [0.1, 0.15) is 18.6 Å². The van der Waals surface area contributed by atoms with Gasteiger partial charge in [-0.3, -0.25) is 0 Å². The van der Waals surface area contributed by atoms with Gasteiger partial charge in [-0.05, 0) is 40.5 Å². The number of hydrogen-bond donors (Lipinski definition) is 1. The molecule has 0 fully saturated rings. The lowest BCUT2D eigenvalue weighted by Crippen LogP contribution is -2.29. The number of benzene rings is 1. The van der Waals surface area contributed by atoms with Crippen molar-refractivity contribution in [2.75, 3.05) is 0 Å². The second-order valence-electron chi connectivity index (χ2n) is 4.10. The van der Waals surface area contributed by atoms with Crippen LogP contribution in [0.25, 0.3) is 0 Å². The number of nitrogens with zero attached hydrogens (tertiary/aromatic N) is 1. The minimum atomic E-state index is -0.188. The molecule has 2 aromatic rings. The van der Waals surface area contributed by atoms with Crippen LogP contribution in [0.5, 0.6) is 5.75 Å². The molecule has 94 valence electrons. The van der Waals surface area contributed by atoms with Crippen molar-refractivity contribution in [1.82, 2.24) is 4.98 Å². The Morgan fingerprint density at radius 3 is 2.50 bits per heavy atom. The maximum absolute atomic E-state index is 6.01. The van der Waals surface area contributed by atoms with Gasteiger partial charge in [-0.15, -0.1) is 0 Å². The Kier molecular flexibility index (Phi) is 4.33. The minimum Gasteiger partial charge on any atom is -0.481 e. The summed E-state index contributed by atoms with van der Waals surface area (Å²) in [6, 6.07) is 13.6. The van der Waals surface area contributed by atoms with Gasteiger partial charge in [0.05, 0.1) is 0 Å². The fourth-order valence-corrected chi connectivity index (χ4v) is 2.06. The Morgan fingerprint density at radius 2 is 1.89 bits per heavy atom. The summed E-state index contributed by atoms with van der Waals surface area (Å²) in [5.74, 6) is 0.698. The van der Waals surface area contributed by atoms with E-state index in [1.807, 2.05) is 49.4 Å². The van der Waals surface area contributed by atoms with Gasteiger partial charge in [0.15, 0.2) is 5.75 Å². The molecule has 0 saturated heterocycles. The van der Waals surface area contributed by atoms with Crippen LogP contribution in [0.15, 0.2) is 53.3 Å². The predicted molar refractivity (Wildman–Crippen MR) is 75.4 cm³/mol. The van der Waals surface area contributed by atoms with Crippen LogP contribution < -0.4 is 10.5 Å². The highest BCUT2D eigenvalue weighted by molar-refractivity contribution is 9.10. The van der Waals surface area contributed by atoms with Crippen LogP contribution in [0, 0.1) is 0 Å². The molecular weight excluding hydrogens is 292 g/mol. The van der Waals surface area contributed by atoms with E-state index in [-0.39, 0.29) is 12.1 Å². The van der Waals surface area contributed by atoms with E-state index >= 15 is 0 Å². The molecule has 4 heteroatoms. The van der Waals surface area contributed by atoms with Crippen LogP contribution in [-0.2, 0) is 0 Å². The Morgan fingerprint density at radius 1 is 1.17 bits per heavy atom. The van der Waals surface area contributed by atoms with E-state index < -0.39 is 0 Å². The summed E-state index contributed by atoms with van der Waals surface area (Å²) in [4.78, 5) is 4.14. The molecular formula is C14H15BrN2O. The molecule has 0 radical (unpaired) electrons. The van der Waals surface area contributed by atoms with Gasteiger partial charge in [0.1, 0.15) is 10.7 Å². The van der Waals surface area contributed by atoms with Crippen molar-refractivity contribution < 1.29 is 4.74 Å². The number of nitrogens with two attached hydrogens (primary N) is 1. The fourth-order valence-electron chi connectivity index (χ4n) is 1.72. The summed E-state index contributed by atoms with van der Waals surface area (Å²) in [5.41, 5.74) is 7.06. The van der Waals surface area contributed by atoms with E-state index in [9.17, 15) is 0 Å². The van der Waals surface area contributed by atoms with Gasteiger partial charge < -0.3 is 10.5 Å². The quantitative estimate of drug-likeness (QED) is 0.882. The molecule has 0 aliphatic heterocycles. The smallest absolute Gasteiger partial charge is 0.153 e. The molecule has 1 heterocycles. The molecule has 2 N–H and O–H groups in total. The van der Waals surface area contributed by atoms with Crippen molar-refractivity contribution >= 4 is 15.9 Å². The van der Waals surface area contributed by atoms with Crippen LogP contribution in [0.2, 0.25) is 0 Å². The lowest BCUT2D eigenvalue weighted by Gasteiger charge is -2.23. The van der Waals surface area contributed by atoms with Gasteiger partial charge >= 0.3 is 0 Å². The number of aromatic nitrogens is 1. The van der Waals surface area contributed by atoms with Gasteiger partial charge in [-0.2, -0.15) is 0 Å². The zero-order valence-corrected chi connectivity index (χ0v) is 11.7. The van der Waals surface area contributed by atoms with E-state index in [1.165, 1.54) is 0 Å². The Balaban J connectivity index is 2.26. The predicted octanol–water partition coefficient (Wildman–Crippen LogP) is 3.31. The lowest BCUT2D eigenvalue weighted by atomic mass is 10.0. The van der Waals surface area contributed by atoms with Crippen LogP contribution >= 0.6 is 15.9 Å². The number of hydrogen-bond acceptors (Lipinski definition) is 3. The topological polar surface area (TPSA) is 48.1 Å². The number of ether oxygens (including phenoxy) is 1. The molecule has 1 aromatic heterocycles. The molecule has 0 aliphatic rings. The van der Waals surface area contributed by atoms with Crippen molar-refractivity contribution in [2.24, 2.45) is 5.73 Å². The Hall–Kier alpha value is -1.39. The largest absolute Gasteiger partial charge is 0.481 e. The lowest BCUT2D eigenvalue weighted by molar-refractivity contribution is 0.178. The second-order valence-corrected chi connectivity index (χ2v) is 4.85. The van der Waals surface area contributed by atoms with E-state index in [1.54, 1.807) is 6.20 Å². The van der Waals surface area contributed by atoms with Gasteiger partial charge in [0, 0.05) is 12.2 Å². The molecule has 0 aliphatic carbocycles. The summed E-state index contributed by atoms with van der Waals surface area (Å²) >= 11 is 3.37. The van der Waals surface area contributed by atoms with Crippen molar-refractivity contribution in [3.8, 4) is 5.75 Å². The first-order valence-electron chi connectivity index (χ1n) is 5.76. The normalized spacial score (nSPS) is 13.9. The standard InChI is InChI=1S/C14H15BrN2O/c1-10(16)13(11-6-3-2-4-7-11)18-12-8-5-9-17-14(12)15/h2-10,13H,16H2,1H3/t10-,13?/m0/s1. The average molecular weight is 307 g/mol. The maximum atomic E-state index is 6.01. The number of halogens is 1. The zero-order chi connectivity index (χ0) is 13.0. The molecule has 0 spiro atoms. The van der Waals surface area contributed by atoms with Crippen molar-refractivity contribution in [3.63, 3.8) is 0 Å². The summed E-state index contributed by atoms with van der Waals surface area (Å²) < 4.78 is 6.65. The summed E-state index contributed by atoms with van der Waals surface area (Å²) in [7, 11) is 0. The molecule has 18 heavy (non-hydrogen) atoms. The molecule has 1 unspecified atom stereocenters. The highest BCUT2D eigenvalue weighted by Gasteiger charge is 2.19. The van der Waals surface area contributed by atoms with E-state index in [0.717, 1.165) is 5.56 Å². The van der Waals surface area contributed by atoms with Gasteiger partial charge in [-0.25, -0.2) is 4.98 Å². The molecule has 1 aromatic carbocycles. The van der Waals surface area contributed by atoms with Crippen molar-refractivity contribution in [3.05, 3.63) is 58.8 Å². The van der Waals surface area contributed by atoms with Crippen molar-refractivity contribution in [1.29, 1.82) is 0 Å². The summed E-state index contributed by atoms with van der Waals surface area (Å²) in [5, 5.41) is 0. The van der Waals surface area contributed by atoms with E-state index in [2.05, 4.69) is 20.9 Å². The third kappa shape index (κ3) is 3.09. The Labute approximate surface area is 115 Å². The van der Waals surface area contributed by atoms with Crippen LogP contribution in [0.4, 0.5) is 0 Å². The van der Waals surface area contributed by atoms with Crippen LogP contribution in [-0.4, -0.2) is 11.0 Å². The van der Waals surface area contributed by atoms with Gasteiger partial charge in [0.2, 0.25) is 0 Å². The number of pyridine rings is 1. The summed E-state index contributed by atoms with van der Waals surface area (Å²) in [6.45, 7) is 1.93. The fraction of sp³-hybridized carbons (Fsp3) is 0.214. The highest BCUT2D eigenvalue weighted by Crippen LogP contribution is 2.28. The third-order valence-electron chi connectivity index (χ3n) is 2.58. The highest BCUT2D eigenvalue weighted by atomic mass is 79.9. The molecule has 2 atom stereocenters. The molecule has 0 bridgehead atoms. The number of rotatable bonds is 4. The Bertz CT molecular complexity index is 502. The zero-order valence-electron chi connectivity index (χ0n) is 10.1.